The van der Waals surface area contributed by atoms with Gasteiger partial charge in [-0.2, -0.15) is 0 Å². The van der Waals surface area contributed by atoms with E-state index >= 15 is 0 Å². The molecule has 0 bridgehead atoms. The molecule has 1 aromatic rings. The molecule has 1 amide bonds. The minimum atomic E-state index is -1.51. The van der Waals surface area contributed by atoms with Crippen LogP contribution in [0.1, 0.15) is 13.8 Å². The summed E-state index contributed by atoms with van der Waals surface area (Å²) in [6.07, 6.45) is 0. The van der Waals surface area contributed by atoms with Crippen LogP contribution in [-0.4, -0.2) is 17.0 Å². The first kappa shape index (κ1) is 13.8. The van der Waals surface area contributed by atoms with Gasteiger partial charge in [-0.05, 0) is 32.0 Å². The molecule has 0 saturated heterocycles. The van der Waals surface area contributed by atoms with Crippen molar-refractivity contribution in [2.45, 2.75) is 13.8 Å². The Morgan fingerprint density at radius 1 is 1.24 bits per heavy atom. The highest BCUT2D eigenvalue weighted by molar-refractivity contribution is 6.42. The molecule has 17 heavy (non-hydrogen) atoms. The van der Waals surface area contributed by atoms with Crippen LogP contribution in [0.25, 0.3) is 0 Å². The molecule has 0 unspecified atom stereocenters. The quantitative estimate of drug-likeness (QED) is 0.834. The number of benzene rings is 1. The first-order chi connectivity index (χ1) is 7.75. The number of nitrogens with one attached hydrogen (secondary N) is 1. The van der Waals surface area contributed by atoms with E-state index in [2.05, 4.69) is 5.32 Å². The highest BCUT2D eigenvalue weighted by atomic mass is 35.5. The van der Waals surface area contributed by atoms with Crippen LogP contribution in [0.15, 0.2) is 18.2 Å². The number of rotatable bonds is 3. The lowest BCUT2D eigenvalue weighted by molar-refractivity contribution is -0.151. The predicted molar refractivity (Wildman–Crippen MR) is 66.5 cm³/mol. The van der Waals surface area contributed by atoms with Crippen LogP contribution < -0.4 is 5.32 Å². The van der Waals surface area contributed by atoms with Crippen molar-refractivity contribution in [3.05, 3.63) is 28.2 Å². The molecule has 6 heteroatoms. The van der Waals surface area contributed by atoms with Crippen LogP contribution in [-0.2, 0) is 9.59 Å². The molecule has 0 aliphatic carbocycles. The Labute approximate surface area is 109 Å². The molecule has 0 saturated carbocycles. The fourth-order valence-electron chi connectivity index (χ4n) is 0.958. The summed E-state index contributed by atoms with van der Waals surface area (Å²) in [4.78, 5) is 22.6. The molecule has 1 aromatic carbocycles. The Balaban J connectivity index is 2.89. The minimum Gasteiger partial charge on any atom is -0.480 e. The summed E-state index contributed by atoms with van der Waals surface area (Å²) >= 11 is 11.5. The van der Waals surface area contributed by atoms with E-state index in [0.717, 1.165) is 0 Å². The van der Waals surface area contributed by atoms with E-state index in [0.29, 0.717) is 10.7 Å². The van der Waals surface area contributed by atoms with Crippen LogP contribution in [0.2, 0.25) is 10.0 Å². The molecule has 2 N–H and O–H groups in total. The van der Waals surface area contributed by atoms with Gasteiger partial charge in [-0.25, -0.2) is 0 Å². The summed E-state index contributed by atoms with van der Waals surface area (Å²) < 4.78 is 0. The van der Waals surface area contributed by atoms with E-state index in [1.165, 1.54) is 26.0 Å². The molecular weight excluding hydrogens is 265 g/mol. The van der Waals surface area contributed by atoms with Gasteiger partial charge in [-0.1, -0.05) is 23.2 Å². The van der Waals surface area contributed by atoms with Gasteiger partial charge in [0.1, 0.15) is 5.41 Å². The second-order valence-corrected chi connectivity index (χ2v) is 4.83. The number of carbonyl (C=O) groups is 2. The number of carboxylic acid groups (broad SMARTS) is 1. The molecule has 1 rings (SSSR count). The van der Waals surface area contributed by atoms with E-state index < -0.39 is 17.3 Å². The first-order valence-corrected chi connectivity index (χ1v) is 5.50. The number of halogens is 2. The van der Waals surface area contributed by atoms with Crippen LogP contribution in [0.3, 0.4) is 0 Å². The fraction of sp³-hybridized carbons (Fsp3) is 0.273. The number of carbonyl (C=O) groups excluding carboxylic acids is 1. The Hall–Kier alpha value is -1.26. The normalized spacial score (nSPS) is 11.1. The van der Waals surface area contributed by atoms with Crippen molar-refractivity contribution in [2.24, 2.45) is 5.41 Å². The maximum Gasteiger partial charge on any atom is 0.318 e. The van der Waals surface area contributed by atoms with E-state index in [1.54, 1.807) is 6.07 Å². The average molecular weight is 276 g/mol. The predicted octanol–water partition coefficient (Wildman–Crippen LogP) is 3.04. The van der Waals surface area contributed by atoms with Crippen molar-refractivity contribution in [1.82, 2.24) is 0 Å². The Bertz CT molecular complexity index is 472. The van der Waals surface area contributed by atoms with Gasteiger partial charge in [-0.15, -0.1) is 0 Å². The van der Waals surface area contributed by atoms with Crippen molar-refractivity contribution in [2.75, 3.05) is 5.32 Å². The summed E-state index contributed by atoms with van der Waals surface area (Å²) in [6, 6.07) is 4.52. The third-order valence-electron chi connectivity index (χ3n) is 2.28. The molecule has 92 valence electrons. The lowest BCUT2D eigenvalue weighted by Gasteiger charge is -2.18. The number of amides is 1. The van der Waals surface area contributed by atoms with Gasteiger partial charge in [0.2, 0.25) is 5.91 Å². The molecule has 0 heterocycles. The Morgan fingerprint density at radius 2 is 1.82 bits per heavy atom. The maximum absolute atomic E-state index is 11.7. The molecular formula is C11H11Cl2NO3. The lowest BCUT2D eigenvalue weighted by atomic mass is 9.92. The second kappa shape index (κ2) is 4.94. The number of aliphatic carboxylic acids is 1. The van der Waals surface area contributed by atoms with E-state index in [9.17, 15) is 9.59 Å². The molecule has 0 atom stereocenters. The summed E-state index contributed by atoms with van der Waals surface area (Å²) in [7, 11) is 0. The van der Waals surface area contributed by atoms with Crippen molar-refractivity contribution in [3.8, 4) is 0 Å². The zero-order valence-electron chi connectivity index (χ0n) is 9.25. The van der Waals surface area contributed by atoms with Crippen LogP contribution in [0, 0.1) is 5.41 Å². The zero-order chi connectivity index (χ0) is 13.2. The highest BCUT2D eigenvalue weighted by Gasteiger charge is 2.36. The van der Waals surface area contributed by atoms with E-state index in [-0.39, 0.29) is 5.02 Å². The van der Waals surface area contributed by atoms with Crippen LogP contribution in [0.4, 0.5) is 5.69 Å². The molecule has 0 fully saturated rings. The van der Waals surface area contributed by atoms with Crippen molar-refractivity contribution in [1.29, 1.82) is 0 Å². The third kappa shape index (κ3) is 3.11. The van der Waals surface area contributed by atoms with E-state index in [1.807, 2.05) is 0 Å². The summed E-state index contributed by atoms with van der Waals surface area (Å²) in [6.45, 7) is 2.64. The minimum absolute atomic E-state index is 0.289. The van der Waals surface area contributed by atoms with Gasteiger partial charge in [0.05, 0.1) is 10.0 Å². The first-order valence-electron chi connectivity index (χ1n) is 4.75. The van der Waals surface area contributed by atoms with Crippen molar-refractivity contribution >= 4 is 40.8 Å². The standard InChI is InChI=1S/C11H11Cl2NO3/c1-11(2,10(16)17)9(15)14-6-3-4-7(12)8(13)5-6/h3-5H,1-2H3,(H,14,15)(H,16,17). The van der Waals surface area contributed by atoms with Gasteiger partial charge in [0, 0.05) is 5.69 Å². The summed E-state index contributed by atoms with van der Waals surface area (Å²) in [5, 5.41) is 12.0. The number of hydrogen-bond donors (Lipinski definition) is 2. The maximum atomic E-state index is 11.7. The fourth-order valence-corrected chi connectivity index (χ4v) is 1.26. The molecule has 0 aromatic heterocycles. The van der Waals surface area contributed by atoms with E-state index in [4.69, 9.17) is 28.3 Å². The number of anilines is 1. The zero-order valence-corrected chi connectivity index (χ0v) is 10.8. The largest absolute Gasteiger partial charge is 0.480 e. The van der Waals surface area contributed by atoms with Gasteiger partial charge >= 0.3 is 5.97 Å². The summed E-state index contributed by atoms with van der Waals surface area (Å²) in [5.41, 5.74) is -1.11. The van der Waals surface area contributed by atoms with Gasteiger partial charge in [-0.3, -0.25) is 9.59 Å². The third-order valence-corrected chi connectivity index (χ3v) is 3.02. The number of carboxylic acids is 1. The number of hydrogen-bond acceptors (Lipinski definition) is 2. The average Bonchev–Trinajstić information content (AvgIpc) is 2.23. The molecule has 0 spiro atoms. The monoisotopic (exact) mass is 275 g/mol. The molecule has 4 nitrogen and oxygen atoms in total. The van der Waals surface area contributed by atoms with Gasteiger partial charge < -0.3 is 10.4 Å². The summed E-state index contributed by atoms with van der Waals surface area (Å²) in [5.74, 6) is -1.82. The van der Waals surface area contributed by atoms with Crippen molar-refractivity contribution in [3.63, 3.8) is 0 Å². The van der Waals surface area contributed by atoms with Gasteiger partial charge in [0.15, 0.2) is 0 Å². The Morgan fingerprint density at radius 3 is 2.29 bits per heavy atom. The second-order valence-electron chi connectivity index (χ2n) is 4.01. The van der Waals surface area contributed by atoms with Crippen molar-refractivity contribution < 1.29 is 14.7 Å². The Kier molecular flexibility index (Phi) is 4.01. The lowest BCUT2D eigenvalue weighted by Crippen LogP contribution is -2.37. The van der Waals surface area contributed by atoms with Crippen LogP contribution >= 0.6 is 23.2 Å². The topological polar surface area (TPSA) is 66.4 Å². The smallest absolute Gasteiger partial charge is 0.318 e. The SMILES string of the molecule is CC(C)(C(=O)O)C(=O)Nc1ccc(Cl)c(Cl)c1. The molecule has 0 aliphatic heterocycles. The molecule has 0 radical (unpaired) electrons. The highest BCUT2D eigenvalue weighted by Crippen LogP contribution is 2.26. The molecule has 0 aliphatic rings. The van der Waals surface area contributed by atoms with Gasteiger partial charge in [0.25, 0.3) is 0 Å². The van der Waals surface area contributed by atoms with Crippen LogP contribution in [0.5, 0.6) is 0 Å².